The summed E-state index contributed by atoms with van der Waals surface area (Å²) in [5.41, 5.74) is 8.69. The molecule has 28 heavy (non-hydrogen) atoms. The third-order valence-electron chi connectivity index (χ3n) is 5.50. The maximum atomic E-state index is 14.6. The summed E-state index contributed by atoms with van der Waals surface area (Å²) in [5, 5.41) is 5.70. The zero-order valence-corrected chi connectivity index (χ0v) is 15.4. The first-order valence-electron chi connectivity index (χ1n) is 9.53. The van der Waals surface area contributed by atoms with Crippen molar-refractivity contribution in [2.45, 2.75) is 12.8 Å². The third kappa shape index (κ3) is 2.97. The minimum absolute atomic E-state index is 0.261. The number of hydrogen-bond donors (Lipinski definition) is 1. The molecule has 0 bridgehead atoms. The summed E-state index contributed by atoms with van der Waals surface area (Å²) in [7, 11) is 0. The predicted molar refractivity (Wildman–Crippen MR) is 107 cm³/mol. The molecular weight excluding hydrogens is 355 g/mol. The van der Waals surface area contributed by atoms with E-state index in [0.717, 1.165) is 42.1 Å². The SMILES string of the molecule is NCC1CCN(c2ccc3ncc(Cc4cc5cccnc5cc4F)n3n2)C1. The zero-order valence-electron chi connectivity index (χ0n) is 15.4. The van der Waals surface area contributed by atoms with Gasteiger partial charge in [0.1, 0.15) is 11.6 Å². The third-order valence-corrected chi connectivity index (χ3v) is 5.50. The van der Waals surface area contributed by atoms with E-state index in [4.69, 9.17) is 10.8 Å². The maximum Gasteiger partial charge on any atom is 0.153 e. The normalized spacial score (nSPS) is 17.1. The largest absolute Gasteiger partial charge is 0.355 e. The highest BCUT2D eigenvalue weighted by Crippen LogP contribution is 2.24. The summed E-state index contributed by atoms with van der Waals surface area (Å²) in [6.45, 7) is 2.58. The Bertz CT molecular complexity index is 1150. The highest BCUT2D eigenvalue weighted by atomic mass is 19.1. The van der Waals surface area contributed by atoms with Crippen LogP contribution in [0.2, 0.25) is 0 Å². The van der Waals surface area contributed by atoms with Crippen molar-refractivity contribution in [3.05, 3.63) is 65.9 Å². The lowest BCUT2D eigenvalue weighted by molar-refractivity contribution is 0.602. The molecule has 3 aromatic heterocycles. The molecule has 1 unspecified atom stereocenters. The first-order chi connectivity index (χ1) is 13.7. The second-order valence-electron chi connectivity index (χ2n) is 7.36. The van der Waals surface area contributed by atoms with Crippen LogP contribution in [0.3, 0.4) is 0 Å². The molecule has 1 atom stereocenters. The molecule has 7 heteroatoms. The fourth-order valence-electron chi connectivity index (χ4n) is 3.91. The average Bonchev–Trinajstić information content (AvgIpc) is 3.35. The number of aromatic nitrogens is 4. The number of fused-ring (bicyclic) bond motifs is 2. The van der Waals surface area contributed by atoms with Gasteiger partial charge in [-0.1, -0.05) is 6.07 Å². The number of nitrogens with zero attached hydrogens (tertiary/aromatic N) is 5. The van der Waals surface area contributed by atoms with Crippen molar-refractivity contribution in [3.63, 3.8) is 0 Å². The van der Waals surface area contributed by atoms with Gasteiger partial charge in [-0.25, -0.2) is 13.9 Å². The van der Waals surface area contributed by atoms with E-state index >= 15 is 0 Å². The average molecular weight is 376 g/mol. The van der Waals surface area contributed by atoms with Crippen LogP contribution in [-0.2, 0) is 6.42 Å². The van der Waals surface area contributed by atoms with E-state index in [2.05, 4.69) is 14.9 Å². The van der Waals surface area contributed by atoms with Gasteiger partial charge in [0.05, 0.1) is 17.4 Å². The number of benzene rings is 1. The number of halogens is 1. The van der Waals surface area contributed by atoms with Gasteiger partial charge in [0, 0.05) is 37.2 Å². The van der Waals surface area contributed by atoms with Crippen LogP contribution in [0.4, 0.5) is 10.2 Å². The second kappa shape index (κ2) is 6.83. The molecule has 1 aliphatic rings. The number of nitrogens with two attached hydrogens (primary N) is 1. The van der Waals surface area contributed by atoms with Gasteiger partial charge in [0.2, 0.25) is 0 Å². The highest BCUT2D eigenvalue weighted by Gasteiger charge is 2.23. The molecule has 1 fully saturated rings. The van der Waals surface area contributed by atoms with Crippen LogP contribution < -0.4 is 10.6 Å². The molecule has 0 aliphatic carbocycles. The first kappa shape index (κ1) is 17.1. The van der Waals surface area contributed by atoms with Crippen molar-refractivity contribution in [2.24, 2.45) is 11.7 Å². The van der Waals surface area contributed by atoms with E-state index in [0.29, 0.717) is 30.0 Å². The number of anilines is 1. The van der Waals surface area contributed by atoms with Crippen LogP contribution in [0, 0.1) is 11.7 Å². The van der Waals surface area contributed by atoms with E-state index < -0.39 is 0 Å². The van der Waals surface area contributed by atoms with Crippen molar-refractivity contribution in [2.75, 3.05) is 24.5 Å². The summed E-state index contributed by atoms with van der Waals surface area (Å²) in [6.07, 6.45) is 4.94. The number of rotatable bonds is 4. The van der Waals surface area contributed by atoms with E-state index in [1.54, 1.807) is 12.4 Å². The molecule has 5 rings (SSSR count). The molecule has 142 valence electrons. The van der Waals surface area contributed by atoms with Crippen LogP contribution in [0.1, 0.15) is 17.7 Å². The minimum Gasteiger partial charge on any atom is -0.355 e. The van der Waals surface area contributed by atoms with Gasteiger partial charge in [-0.15, -0.1) is 5.10 Å². The minimum atomic E-state index is -0.261. The summed E-state index contributed by atoms with van der Waals surface area (Å²) < 4.78 is 16.4. The first-order valence-corrected chi connectivity index (χ1v) is 9.53. The van der Waals surface area contributed by atoms with Crippen LogP contribution in [0.25, 0.3) is 16.6 Å². The summed E-state index contributed by atoms with van der Waals surface area (Å²) in [4.78, 5) is 10.9. The van der Waals surface area contributed by atoms with Crippen LogP contribution >= 0.6 is 0 Å². The van der Waals surface area contributed by atoms with Gasteiger partial charge < -0.3 is 10.6 Å². The summed E-state index contributed by atoms with van der Waals surface area (Å²) in [5.74, 6) is 1.16. The smallest absolute Gasteiger partial charge is 0.153 e. The van der Waals surface area contributed by atoms with Gasteiger partial charge in [0.25, 0.3) is 0 Å². The maximum absolute atomic E-state index is 14.6. The van der Waals surface area contributed by atoms with E-state index in [1.165, 1.54) is 6.07 Å². The fraction of sp³-hybridized carbons (Fsp3) is 0.286. The van der Waals surface area contributed by atoms with Gasteiger partial charge in [-0.05, 0) is 48.7 Å². The number of imidazole rings is 1. The Kier molecular flexibility index (Phi) is 4.16. The molecule has 1 aliphatic heterocycles. The van der Waals surface area contributed by atoms with E-state index in [1.807, 2.05) is 34.8 Å². The lowest BCUT2D eigenvalue weighted by Gasteiger charge is -2.17. The van der Waals surface area contributed by atoms with Crippen LogP contribution in [0.15, 0.2) is 48.8 Å². The monoisotopic (exact) mass is 376 g/mol. The van der Waals surface area contributed by atoms with E-state index in [-0.39, 0.29) is 5.82 Å². The van der Waals surface area contributed by atoms with Crippen molar-refractivity contribution in [1.29, 1.82) is 0 Å². The lowest BCUT2D eigenvalue weighted by Crippen LogP contribution is -2.24. The summed E-state index contributed by atoms with van der Waals surface area (Å²) in [6, 6.07) is 11.1. The standard InChI is InChI=1S/C21H21FN6/c22-18-10-19-15(2-1-6-24-19)8-16(18)9-17-12-25-20-3-4-21(26-28(17)20)27-7-5-14(11-23)13-27/h1-4,6,8,10,12,14H,5,7,9,11,13,23H2. The van der Waals surface area contributed by atoms with E-state index in [9.17, 15) is 4.39 Å². The Morgan fingerprint density at radius 1 is 1.18 bits per heavy atom. The Hall–Kier alpha value is -3.06. The van der Waals surface area contributed by atoms with Crippen molar-refractivity contribution in [1.82, 2.24) is 19.6 Å². The predicted octanol–water partition coefficient (Wildman–Crippen LogP) is 2.79. The summed E-state index contributed by atoms with van der Waals surface area (Å²) >= 11 is 0. The molecule has 0 saturated carbocycles. The molecule has 4 aromatic rings. The van der Waals surface area contributed by atoms with Crippen molar-refractivity contribution >= 4 is 22.4 Å². The Labute approximate surface area is 161 Å². The van der Waals surface area contributed by atoms with Crippen LogP contribution in [0.5, 0.6) is 0 Å². The van der Waals surface area contributed by atoms with Gasteiger partial charge in [0.15, 0.2) is 5.65 Å². The van der Waals surface area contributed by atoms with Crippen LogP contribution in [-0.4, -0.2) is 39.2 Å². The Morgan fingerprint density at radius 3 is 2.96 bits per heavy atom. The highest BCUT2D eigenvalue weighted by molar-refractivity contribution is 5.79. The molecule has 1 aromatic carbocycles. The lowest BCUT2D eigenvalue weighted by atomic mass is 10.1. The zero-order chi connectivity index (χ0) is 19.1. The van der Waals surface area contributed by atoms with Gasteiger partial charge in [-0.2, -0.15) is 0 Å². The molecule has 4 heterocycles. The molecule has 0 spiro atoms. The van der Waals surface area contributed by atoms with Crippen molar-refractivity contribution < 1.29 is 4.39 Å². The second-order valence-corrected chi connectivity index (χ2v) is 7.36. The van der Waals surface area contributed by atoms with Gasteiger partial charge in [-0.3, -0.25) is 4.98 Å². The fourth-order valence-corrected chi connectivity index (χ4v) is 3.91. The van der Waals surface area contributed by atoms with Gasteiger partial charge >= 0.3 is 0 Å². The molecular formula is C21H21FN6. The topological polar surface area (TPSA) is 72.3 Å². The Balaban J connectivity index is 1.49. The molecule has 0 amide bonds. The molecule has 1 saturated heterocycles. The Morgan fingerprint density at radius 2 is 2.11 bits per heavy atom. The quantitative estimate of drug-likeness (QED) is 0.593. The molecule has 0 radical (unpaired) electrons. The molecule has 2 N–H and O–H groups in total. The number of hydrogen-bond acceptors (Lipinski definition) is 5. The number of pyridine rings is 1. The molecule has 6 nitrogen and oxygen atoms in total. The van der Waals surface area contributed by atoms with Crippen molar-refractivity contribution in [3.8, 4) is 0 Å².